The van der Waals surface area contributed by atoms with E-state index in [1.807, 2.05) is 30.3 Å². The van der Waals surface area contributed by atoms with Gasteiger partial charge in [-0.15, -0.1) is 0 Å². The largest absolute Gasteiger partial charge is 0.456 e. The Balaban J connectivity index is 1.14. The molecule has 12 aromatic rings. The molecule has 0 saturated heterocycles. The van der Waals surface area contributed by atoms with E-state index in [1.165, 1.54) is 21.5 Å². The van der Waals surface area contributed by atoms with Gasteiger partial charge in [-0.05, 0) is 65.4 Å². The highest BCUT2D eigenvalue weighted by Crippen LogP contribution is 2.40. The molecule has 0 radical (unpaired) electrons. The molecular weight excluding hydrogens is 675 g/mol. The van der Waals surface area contributed by atoms with E-state index >= 15 is 0 Å². The molecule has 0 amide bonds. The van der Waals surface area contributed by atoms with E-state index in [9.17, 15) is 0 Å². The summed E-state index contributed by atoms with van der Waals surface area (Å²) in [5.74, 6) is 1.72. The number of hydrogen-bond acceptors (Lipinski definition) is 4. The van der Waals surface area contributed by atoms with Crippen LogP contribution in [0.15, 0.2) is 180 Å². The summed E-state index contributed by atoms with van der Waals surface area (Å²) in [6.45, 7) is 0. The summed E-state index contributed by atoms with van der Waals surface area (Å²) in [4.78, 5) is 15.6. The summed E-state index contributed by atoms with van der Waals surface area (Å²) in [5.41, 5.74) is 8.84. The van der Waals surface area contributed by atoms with Crippen molar-refractivity contribution in [3.63, 3.8) is 0 Å². The standard InChI is InChI=1S/C49H29N5O/c1-3-14-31(15-4-1)47-50-48(32-23-25-37-45(27-32)55-44-26-24-30-13-7-8-18-34(30)46(37)44)52-49(51-47)54-41-22-12-10-20-36(41)39-28-38-35-19-9-11-21-40(35)53(42(38)29-43(39)54)33-16-5-2-6-17-33/h1-29H. The topological polar surface area (TPSA) is 61.7 Å². The summed E-state index contributed by atoms with van der Waals surface area (Å²) in [5, 5.41) is 9.22. The molecule has 0 N–H and O–H groups in total. The van der Waals surface area contributed by atoms with E-state index in [-0.39, 0.29) is 0 Å². The Labute approximate surface area is 314 Å². The van der Waals surface area contributed by atoms with Crippen LogP contribution in [0.4, 0.5) is 0 Å². The zero-order valence-corrected chi connectivity index (χ0v) is 29.4. The van der Waals surface area contributed by atoms with Gasteiger partial charge in [0.1, 0.15) is 11.2 Å². The lowest BCUT2D eigenvalue weighted by molar-refractivity contribution is 0.669. The van der Waals surface area contributed by atoms with Crippen molar-refractivity contribution in [1.82, 2.24) is 24.1 Å². The first-order valence-corrected chi connectivity index (χ1v) is 18.4. The molecule has 0 saturated carbocycles. The summed E-state index contributed by atoms with van der Waals surface area (Å²) >= 11 is 0. The lowest BCUT2D eigenvalue weighted by atomic mass is 10.0. The van der Waals surface area contributed by atoms with Gasteiger partial charge >= 0.3 is 0 Å². The fourth-order valence-electron chi connectivity index (χ4n) is 8.50. The quantitative estimate of drug-likeness (QED) is 0.183. The van der Waals surface area contributed by atoms with E-state index in [0.29, 0.717) is 17.6 Å². The van der Waals surface area contributed by atoms with Crippen LogP contribution >= 0.6 is 0 Å². The van der Waals surface area contributed by atoms with Crippen LogP contribution in [0.1, 0.15) is 0 Å². The Morgan fingerprint density at radius 3 is 1.75 bits per heavy atom. The Morgan fingerprint density at radius 2 is 0.982 bits per heavy atom. The van der Waals surface area contributed by atoms with Crippen molar-refractivity contribution in [2.45, 2.75) is 0 Å². The van der Waals surface area contributed by atoms with Gasteiger partial charge in [0.05, 0.1) is 22.1 Å². The van der Waals surface area contributed by atoms with Crippen molar-refractivity contribution in [2.75, 3.05) is 0 Å². The zero-order chi connectivity index (χ0) is 36.0. The molecule has 4 aromatic heterocycles. The molecule has 55 heavy (non-hydrogen) atoms. The summed E-state index contributed by atoms with van der Waals surface area (Å²) in [6, 6.07) is 61.4. The molecule has 0 aliphatic rings. The molecular formula is C49H29N5O. The van der Waals surface area contributed by atoms with Gasteiger partial charge in [-0.3, -0.25) is 4.57 Å². The van der Waals surface area contributed by atoms with E-state index in [2.05, 4.69) is 155 Å². The van der Waals surface area contributed by atoms with Gasteiger partial charge in [0.25, 0.3) is 0 Å². The third-order valence-electron chi connectivity index (χ3n) is 11.0. The van der Waals surface area contributed by atoms with Gasteiger partial charge in [-0.2, -0.15) is 9.97 Å². The third-order valence-corrected chi connectivity index (χ3v) is 11.0. The molecule has 0 bridgehead atoms. The molecule has 0 fully saturated rings. The molecule has 0 aliphatic heterocycles. The Morgan fingerprint density at radius 1 is 0.364 bits per heavy atom. The van der Waals surface area contributed by atoms with Gasteiger partial charge in [0.15, 0.2) is 11.6 Å². The van der Waals surface area contributed by atoms with Gasteiger partial charge in [0, 0.05) is 49.1 Å². The lowest BCUT2D eigenvalue weighted by Gasteiger charge is -2.11. The van der Waals surface area contributed by atoms with Crippen LogP contribution in [0.2, 0.25) is 0 Å². The lowest BCUT2D eigenvalue weighted by Crippen LogP contribution is -2.06. The number of benzene rings is 8. The predicted octanol–water partition coefficient (Wildman–Crippen LogP) is 12.5. The second kappa shape index (κ2) is 11.5. The summed E-state index contributed by atoms with van der Waals surface area (Å²) < 4.78 is 11.0. The number of fused-ring (bicyclic) bond motifs is 11. The van der Waals surface area contributed by atoms with Crippen LogP contribution in [0.25, 0.3) is 111 Å². The normalized spacial score (nSPS) is 12.0. The zero-order valence-electron chi connectivity index (χ0n) is 29.4. The third kappa shape index (κ3) is 4.46. The number of aromatic nitrogens is 5. The van der Waals surface area contributed by atoms with E-state index < -0.39 is 0 Å². The molecule has 0 spiro atoms. The van der Waals surface area contributed by atoms with Crippen molar-refractivity contribution >= 4 is 76.3 Å². The van der Waals surface area contributed by atoms with Gasteiger partial charge in [-0.25, -0.2) is 4.98 Å². The molecule has 0 unspecified atom stereocenters. The molecule has 256 valence electrons. The molecule has 0 aliphatic carbocycles. The van der Waals surface area contributed by atoms with Crippen molar-refractivity contribution in [3.05, 3.63) is 176 Å². The molecule has 6 nitrogen and oxygen atoms in total. The van der Waals surface area contributed by atoms with Crippen LogP contribution in [0.5, 0.6) is 0 Å². The van der Waals surface area contributed by atoms with E-state index in [4.69, 9.17) is 19.4 Å². The summed E-state index contributed by atoms with van der Waals surface area (Å²) in [6.07, 6.45) is 0. The second-order valence-electron chi connectivity index (χ2n) is 14.0. The maximum absolute atomic E-state index is 6.49. The first kappa shape index (κ1) is 29.9. The van der Waals surface area contributed by atoms with Crippen LogP contribution in [0.3, 0.4) is 0 Å². The highest BCUT2D eigenvalue weighted by Gasteiger charge is 2.21. The van der Waals surface area contributed by atoms with Gasteiger partial charge < -0.3 is 8.98 Å². The Bertz CT molecular complexity index is 3490. The minimum absolute atomic E-state index is 0.549. The van der Waals surface area contributed by atoms with E-state index in [0.717, 1.165) is 71.6 Å². The predicted molar refractivity (Wildman–Crippen MR) is 224 cm³/mol. The molecule has 0 atom stereocenters. The molecule has 8 aromatic carbocycles. The number of rotatable bonds is 4. The minimum atomic E-state index is 0.549. The number of furan rings is 1. The average molecular weight is 704 g/mol. The first-order chi connectivity index (χ1) is 27.3. The number of para-hydroxylation sites is 3. The highest BCUT2D eigenvalue weighted by atomic mass is 16.3. The fraction of sp³-hybridized carbons (Fsp3) is 0. The average Bonchev–Trinajstić information content (AvgIpc) is 3.90. The maximum atomic E-state index is 6.49. The smallest absolute Gasteiger partial charge is 0.238 e. The second-order valence-corrected chi connectivity index (χ2v) is 14.0. The maximum Gasteiger partial charge on any atom is 0.238 e. The molecule has 6 heteroatoms. The van der Waals surface area contributed by atoms with Gasteiger partial charge in [-0.1, -0.05) is 121 Å². The molecule has 4 heterocycles. The monoisotopic (exact) mass is 703 g/mol. The Kier molecular flexibility index (Phi) is 6.24. The van der Waals surface area contributed by atoms with Crippen LogP contribution in [-0.2, 0) is 0 Å². The van der Waals surface area contributed by atoms with Gasteiger partial charge in [0.2, 0.25) is 5.95 Å². The molecule has 12 rings (SSSR count). The first-order valence-electron chi connectivity index (χ1n) is 18.4. The van der Waals surface area contributed by atoms with Crippen LogP contribution in [-0.4, -0.2) is 24.1 Å². The summed E-state index contributed by atoms with van der Waals surface area (Å²) in [7, 11) is 0. The van der Waals surface area contributed by atoms with Crippen LogP contribution < -0.4 is 0 Å². The minimum Gasteiger partial charge on any atom is -0.456 e. The van der Waals surface area contributed by atoms with E-state index in [1.54, 1.807) is 0 Å². The van der Waals surface area contributed by atoms with Crippen molar-refractivity contribution in [1.29, 1.82) is 0 Å². The fourth-order valence-corrected chi connectivity index (χ4v) is 8.50. The Hall–Kier alpha value is -7.57. The highest BCUT2D eigenvalue weighted by molar-refractivity contribution is 6.20. The SMILES string of the molecule is c1ccc(-c2nc(-c3ccc4c(c3)oc3ccc5ccccc5c34)nc(-n3c4ccccc4c4cc5c6ccccc6n(-c6ccccc6)c5cc43)n2)cc1. The van der Waals surface area contributed by atoms with Crippen molar-refractivity contribution < 1.29 is 4.42 Å². The number of nitrogens with zero attached hydrogens (tertiary/aromatic N) is 5. The number of hydrogen-bond donors (Lipinski definition) is 0. The van der Waals surface area contributed by atoms with Crippen molar-refractivity contribution in [3.8, 4) is 34.4 Å². The van der Waals surface area contributed by atoms with Crippen molar-refractivity contribution in [2.24, 2.45) is 0 Å². The van der Waals surface area contributed by atoms with Crippen LogP contribution in [0, 0.1) is 0 Å².